The lowest BCUT2D eigenvalue weighted by Crippen LogP contribution is -2.04. The summed E-state index contributed by atoms with van der Waals surface area (Å²) in [6, 6.07) is 17.9. The summed E-state index contributed by atoms with van der Waals surface area (Å²) in [6.07, 6.45) is 3.75. The minimum Gasteiger partial charge on any atom is -0.496 e. The van der Waals surface area contributed by atoms with Crippen molar-refractivity contribution in [1.82, 2.24) is 0 Å². The van der Waals surface area contributed by atoms with Crippen LogP contribution in [0.3, 0.4) is 0 Å². The highest BCUT2D eigenvalue weighted by Crippen LogP contribution is 2.26. The van der Waals surface area contributed by atoms with E-state index in [1.54, 1.807) is 6.07 Å². The second-order valence-electron chi connectivity index (χ2n) is 5.68. The van der Waals surface area contributed by atoms with Crippen molar-refractivity contribution in [2.24, 2.45) is 0 Å². The fraction of sp³-hybridized carbons (Fsp3) is 0.0952. The molecule has 24 heavy (non-hydrogen) atoms. The van der Waals surface area contributed by atoms with E-state index in [2.05, 4.69) is 24.3 Å². The molecule has 0 spiro atoms. The number of carboxylic acids is 1. The molecule has 0 aliphatic rings. The molecule has 0 amide bonds. The smallest absolute Gasteiger partial charge is 0.340 e. The molecule has 3 nitrogen and oxygen atoms in total. The molecule has 3 aromatic rings. The third-order valence-electron chi connectivity index (χ3n) is 3.94. The minimum atomic E-state index is -0.995. The lowest BCUT2D eigenvalue weighted by Gasteiger charge is -2.09. The Morgan fingerprint density at radius 2 is 1.75 bits per heavy atom. The van der Waals surface area contributed by atoms with Gasteiger partial charge in [0.25, 0.3) is 0 Å². The van der Waals surface area contributed by atoms with Crippen molar-refractivity contribution in [1.29, 1.82) is 0 Å². The number of fused-ring (bicyclic) bond motifs is 1. The zero-order valence-corrected chi connectivity index (χ0v) is 13.6. The molecule has 0 saturated carbocycles. The van der Waals surface area contributed by atoms with Gasteiger partial charge in [0.05, 0.1) is 7.11 Å². The van der Waals surface area contributed by atoms with Gasteiger partial charge in [-0.15, -0.1) is 0 Å². The van der Waals surface area contributed by atoms with Crippen LogP contribution in [-0.2, 0) is 0 Å². The van der Waals surface area contributed by atoms with Gasteiger partial charge in [0.15, 0.2) is 0 Å². The van der Waals surface area contributed by atoms with E-state index < -0.39 is 5.97 Å². The first-order valence-corrected chi connectivity index (χ1v) is 7.67. The average molecular weight is 318 g/mol. The lowest BCUT2D eigenvalue weighted by atomic mass is 10.0. The second kappa shape index (κ2) is 6.59. The minimum absolute atomic E-state index is 0.181. The molecular weight excluding hydrogens is 300 g/mol. The van der Waals surface area contributed by atoms with Crippen molar-refractivity contribution in [3.05, 3.63) is 76.9 Å². The number of hydrogen-bond acceptors (Lipinski definition) is 2. The van der Waals surface area contributed by atoms with Gasteiger partial charge in [-0.1, -0.05) is 54.6 Å². The fourth-order valence-corrected chi connectivity index (χ4v) is 2.80. The van der Waals surface area contributed by atoms with Crippen LogP contribution in [0, 0.1) is 6.92 Å². The maximum absolute atomic E-state index is 11.6. The van der Waals surface area contributed by atoms with Crippen LogP contribution in [0.15, 0.2) is 54.6 Å². The summed E-state index contributed by atoms with van der Waals surface area (Å²) in [4.78, 5) is 11.6. The number of methoxy groups -OCH3 is 1. The summed E-state index contributed by atoms with van der Waals surface area (Å²) in [5.74, 6) is -0.620. The number of rotatable bonds is 4. The number of aromatic carboxylic acids is 1. The van der Waals surface area contributed by atoms with Gasteiger partial charge in [0.2, 0.25) is 0 Å². The van der Waals surface area contributed by atoms with Crippen LogP contribution in [0.25, 0.3) is 22.9 Å². The Bertz CT molecular complexity index is 939. The molecule has 0 unspecified atom stereocenters. The largest absolute Gasteiger partial charge is 0.496 e. The highest BCUT2D eigenvalue weighted by Gasteiger charge is 2.15. The van der Waals surface area contributed by atoms with Gasteiger partial charge in [-0.25, -0.2) is 4.79 Å². The molecule has 3 heteroatoms. The van der Waals surface area contributed by atoms with Gasteiger partial charge in [0, 0.05) is 0 Å². The monoisotopic (exact) mass is 318 g/mol. The molecule has 0 aliphatic heterocycles. The number of hydrogen-bond donors (Lipinski definition) is 1. The summed E-state index contributed by atoms with van der Waals surface area (Å²) in [5, 5.41) is 11.8. The van der Waals surface area contributed by atoms with E-state index in [-0.39, 0.29) is 5.56 Å². The van der Waals surface area contributed by atoms with Gasteiger partial charge in [0.1, 0.15) is 11.3 Å². The van der Waals surface area contributed by atoms with Crippen LogP contribution in [-0.4, -0.2) is 18.2 Å². The Morgan fingerprint density at radius 3 is 2.46 bits per heavy atom. The van der Waals surface area contributed by atoms with Gasteiger partial charge in [-0.3, -0.25) is 0 Å². The third-order valence-corrected chi connectivity index (χ3v) is 3.94. The summed E-state index contributed by atoms with van der Waals surface area (Å²) in [7, 11) is 1.48. The second-order valence-corrected chi connectivity index (χ2v) is 5.68. The predicted octanol–water partition coefficient (Wildman–Crippen LogP) is 5.03. The average Bonchev–Trinajstić information content (AvgIpc) is 2.58. The van der Waals surface area contributed by atoms with Crippen LogP contribution in [0.4, 0.5) is 0 Å². The molecule has 0 aliphatic carbocycles. The molecule has 1 N–H and O–H groups in total. The Hall–Kier alpha value is -3.07. The van der Waals surface area contributed by atoms with Crippen LogP contribution in [0.1, 0.15) is 27.0 Å². The number of carboxylic acid groups (broad SMARTS) is 1. The predicted molar refractivity (Wildman–Crippen MR) is 97.6 cm³/mol. The molecule has 0 bridgehead atoms. The van der Waals surface area contributed by atoms with Crippen LogP contribution in [0.5, 0.6) is 5.75 Å². The molecular formula is C21H18O3. The number of aryl methyl sites for hydroxylation is 1. The van der Waals surface area contributed by atoms with Crippen molar-refractivity contribution in [2.75, 3.05) is 7.11 Å². The summed E-state index contributed by atoms with van der Waals surface area (Å²) in [5.41, 5.74) is 2.79. The molecule has 3 rings (SSSR count). The first-order valence-electron chi connectivity index (χ1n) is 7.67. The van der Waals surface area contributed by atoms with E-state index in [1.807, 2.05) is 43.3 Å². The van der Waals surface area contributed by atoms with E-state index in [9.17, 15) is 9.90 Å². The molecule has 0 fully saturated rings. The van der Waals surface area contributed by atoms with Crippen molar-refractivity contribution in [3.63, 3.8) is 0 Å². The molecule has 0 radical (unpaired) electrons. The van der Waals surface area contributed by atoms with Crippen LogP contribution < -0.4 is 4.74 Å². The van der Waals surface area contributed by atoms with Gasteiger partial charge < -0.3 is 9.84 Å². The Morgan fingerprint density at radius 1 is 1.00 bits per heavy atom. The Kier molecular flexibility index (Phi) is 4.34. The standard InChI is InChI=1S/C21H18O3/c1-14-11-18(20(21(22)23)19(12-14)24-2)10-8-15-7-9-16-5-3-4-6-17(16)13-15/h3-13H,1-2H3,(H,22,23)/b10-8+. The van der Waals surface area contributed by atoms with Gasteiger partial charge in [-0.05, 0) is 46.5 Å². The molecule has 0 heterocycles. The maximum Gasteiger partial charge on any atom is 0.340 e. The molecule has 3 aromatic carbocycles. The van der Waals surface area contributed by atoms with E-state index in [0.717, 1.165) is 16.5 Å². The number of ether oxygens (including phenoxy) is 1. The van der Waals surface area contributed by atoms with Crippen LogP contribution in [0.2, 0.25) is 0 Å². The van der Waals surface area contributed by atoms with E-state index in [0.29, 0.717) is 11.3 Å². The summed E-state index contributed by atoms with van der Waals surface area (Å²) < 4.78 is 5.22. The molecule has 0 atom stereocenters. The van der Waals surface area contributed by atoms with Crippen LogP contribution >= 0.6 is 0 Å². The summed E-state index contributed by atoms with van der Waals surface area (Å²) in [6.45, 7) is 1.92. The number of carbonyl (C=O) groups is 1. The zero-order chi connectivity index (χ0) is 17.1. The third kappa shape index (κ3) is 3.15. The van der Waals surface area contributed by atoms with E-state index in [4.69, 9.17) is 4.74 Å². The zero-order valence-electron chi connectivity index (χ0n) is 13.6. The van der Waals surface area contributed by atoms with Crippen molar-refractivity contribution in [2.45, 2.75) is 6.92 Å². The first kappa shape index (κ1) is 15.8. The first-order chi connectivity index (χ1) is 11.6. The van der Waals surface area contributed by atoms with Crippen molar-refractivity contribution < 1.29 is 14.6 Å². The number of benzene rings is 3. The normalized spacial score (nSPS) is 11.1. The quantitative estimate of drug-likeness (QED) is 0.687. The topological polar surface area (TPSA) is 46.5 Å². The Balaban J connectivity index is 2.04. The van der Waals surface area contributed by atoms with E-state index >= 15 is 0 Å². The SMILES string of the molecule is COc1cc(C)cc(/C=C/c2ccc3ccccc3c2)c1C(=O)O. The van der Waals surface area contributed by atoms with Gasteiger partial charge >= 0.3 is 5.97 Å². The van der Waals surface area contributed by atoms with Gasteiger partial charge in [-0.2, -0.15) is 0 Å². The molecule has 0 saturated heterocycles. The fourth-order valence-electron chi connectivity index (χ4n) is 2.80. The van der Waals surface area contributed by atoms with Crippen molar-refractivity contribution >= 4 is 28.9 Å². The Labute approximate surface area is 140 Å². The highest BCUT2D eigenvalue weighted by atomic mass is 16.5. The lowest BCUT2D eigenvalue weighted by molar-refractivity contribution is 0.0693. The molecule has 120 valence electrons. The highest BCUT2D eigenvalue weighted by molar-refractivity contribution is 5.97. The summed E-state index contributed by atoms with van der Waals surface area (Å²) >= 11 is 0. The maximum atomic E-state index is 11.6. The van der Waals surface area contributed by atoms with E-state index in [1.165, 1.54) is 12.5 Å². The van der Waals surface area contributed by atoms with Crippen molar-refractivity contribution in [3.8, 4) is 5.75 Å². The molecule has 0 aromatic heterocycles.